The summed E-state index contributed by atoms with van der Waals surface area (Å²) >= 11 is 4.86. The van der Waals surface area contributed by atoms with Crippen molar-refractivity contribution in [3.63, 3.8) is 0 Å². The fraction of sp³-hybridized carbons (Fsp3) is 0.188. The molecular formula is C16H14BrN3O2S. The average molecular weight is 392 g/mol. The van der Waals surface area contributed by atoms with Gasteiger partial charge in [0, 0.05) is 27.2 Å². The molecule has 1 fully saturated rings. The van der Waals surface area contributed by atoms with E-state index >= 15 is 0 Å². The lowest BCUT2D eigenvalue weighted by molar-refractivity contribution is -0.133. The van der Waals surface area contributed by atoms with Crippen LogP contribution in [0.25, 0.3) is 0 Å². The zero-order chi connectivity index (χ0) is 16.2. The minimum absolute atomic E-state index is 0.171. The number of carbonyl (C=O) groups is 2. The van der Waals surface area contributed by atoms with Crippen molar-refractivity contribution < 1.29 is 9.59 Å². The molecular weight excluding hydrogens is 378 g/mol. The summed E-state index contributed by atoms with van der Waals surface area (Å²) in [7, 11) is 0. The molecule has 1 aliphatic heterocycles. The van der Waals surface area contributed by atoms with E-state index in [0.717, 1.165) is 14.9 Å². The third-order valence-corrected chi connectivity index (χ3v) is 5.27. The number of hydrazone groups is 1. The summed E-state index contributed by atoms with van der Waals surface area (Å²) in [6.45, 7) is 0.461. The fourth-order valence-electron chi connectivity index (χ4n) is 2.56. The smallest absolute Gasteiger partial charge is 0.253 e. The van der Waals surface area contributed by atoms with Gasteiger partial charge in [-0.25, -0.2) is 5.43 Å². The number of hydrogen-bond acceptors (Lipinski definition) is 4. The largest absolute Gasteiger partial charge is 0.355 e. The zero-order valence-corrected chi connectivity index (χ0v) is 14.4. The van der Waals surface area contributed by atoms with Gasteiger partial charge in [-0.1, -0.05) is 30.3 Å². The zero-order valence-electron chi connectivity index (χ0n) is 12.0. The molecule has 3 rings (SSSR count). The highest BCUT2D eigenvalue weighted by Gasteiger charge is 2.40. The number of amides is 2. The number of carbonyl (C=O) groups excluding carboxylic acids is 2. The Morgan fingerprint density at radius 2 is 2.17 bits per heavy atom. The SMILES string of the molecule is O=C1NC[C@@H](c2ccccc2)[C@@H]1C(=O)N/N=C\c1cc(Br)cs1. The minimum atomic E-state index is -0.760. The predicted octanol–water partition coefficient (Wildman–Crippen LogP) is 2.49. The van der Waals surface area contributed by atoms with E-state index in [1.807, 2.05) is 41.8 Å². The number of benzene rings is 1. The molecule has 2 atom stereocenters. The van der Waals surface area contributed by atoms with Gasteiger partial charge in [0.2, 0.25) is 5.91 Å². The maximum Gasteiger partial charge on any atom is 0.253 e. The molecule has 118 valence electrons. The molecule has 2 heterocycles. The van der Waals surface area contributed by atoms with Crippen LogP contribution in [0.3, 0.4) is 0 Å². The minimum Gasteiger partial charge on any atom is -0.355 e. The van der Waals surface area contributed by atoms with E-state index in [1.54, 1.807) is 6.21 Å². The summed E-state index contributed by atoms with van der Waals surface area (Å²) in [6, 6.07) is 11.5. The lowest BCUT2D eigenvalue weighted by atomic mass is 9.88. The van der Waals surface area contributed by atoms with Crippen molar-refractivity contribution in [2.24, 2.45) is 11.0 Å². The van der Waals surface area contributed by atoms with Gasteiger partial charge in [-0.2, -0.15) is 5.10 Å². The van der Waals surface area contributed by atoms with E-state index in [2.05, 4.69) is 31.8 Å². The number of thiophene rings is 1. The Balaban J connectivity index is 1.69. The second-order valence-electron chi connectivity index (χ2n) is 5.14. The van der Waals surface area contributed by atoms with Gasteiger partial charge in [0.15, 0.2) is 0 Å². The van der Waals surface area contributed by atoms with Crippen molar-refractivity contribution in [2.75, 3.05) is 6.54 Å². The van der Waals surface area contributed by atoms with E-state index in [1.165, 1.54) is 11.3 Å². The summed E-state index contributed by atoms with van der Waals surface area (Å²) in [5.41, 5.74) is 3.44. The molecule has 2 N–H and O–H groups in total. The van der Waals surface area contributed by atoms with E-state index in [9.17, 15) is 9.59 Å². The first kappa shape index (κ1) is 15.9. The summed E-state index contributed by atoms with van der Waals surface area (Å²) in [6.07, 6.45) is 1.57. The summed E-state index contributed by atoms with van der Waals surface area (Å²) in [4.78, 5) is 25.3. The molecule has 7 heteroatoms. The molecule has 0 radical (unpaired) electrons. The lowest BCUT2D eigenvalue weighted by Gasteiger charge is -2.15. The third-order valence-electron chi connectivity index (χ3n) is 3.65. The van der Waals surface area contributed by atoms with Crippen LogP contribution in [0.2, 0.25) is 0 Å². The normalized spacial score (nSPS) is 20.7. The molecule has 0 bridgehead atoms. The van der Waals surface area contributed by atoms with Gasteiger partial charge >= 0.3 is 0 Å². The molecule has 0 spiro atoms. The highest BCUT2D eigenvalue weighted by Crippen LogP contribution is 2.29. The highest BCUT2D eigenvalue weighted by atomic mass is 79.9. The van der Waals surface area contributed by atoms with Gasteiger partial charge in [-0.15, -0.1) is 11.3 Å². The van der Waals surface area contributed by atoms with Crippen molar-refractivity contribution in [1.82, 2.24) is 10.7 Å². The van der Waals surface area contributed by atoms with Crippen molar-refractivity contribution in [3.8, 4) is 0 Å². The number of hydrogen-bond donors (Lipinski definition) is 2. The van der Waals surface area contributed by atoms with Gasteiger partial charge in [-0.3, -0.25) is 9.59 Å². The van der Waals surface area contributed by atoms with Crippen LogP contribution in [-0.4, -0.2) is 24.6 Å². The summed E-state index contributed by atoms with van der Waals surface area (Å²) in [5, 5.41) is 8.63. The first-order chi connectivity index (χ1) is 11.1. The lowest BCUT2D eigenvalue weighted by Crippen LogP contribution is -2.34. The topological polar surface area (TPSA) is 70.6 Å². The van der Waals surface area contributed by atoms with Crippen molar-refractivity contribution in [1.29, 1.82) is 0 Å². The van der Waals surface area contributed by atoms with E-state index in [4.69, 9.17) is 0 Å². The third kappa shape index (κ3) is 3.68. The summed E-state index contributed by atoms with van der Waals surface area (Å²) < 4.78 is 0.967. The Labute approximate surface area is 145 Å². The Morgan fingerprint density at radius 3 is 2.87 bits per heavy atom. The second-order valence-corrected chi connectivity index (χ2v) is 7.00. The van der Waals surface area contributed by atoms with Crippen molar-refractivity contribution >= 4 is 45.3 Å². The highest BCUT2D eigenvalue weighted by molar-refractivity contribution is 9.10. The van der Waals surface area contributed by atoms with Gasteiger partial charge in [-0.05, 0) is 27.6 Å². The molecule has 0 saturated carbocycles. The van der Waals surface area contributed by atoms with Gasteiger partial charge in [0.25, 0.3) is 5.91 Å². The molecule has 2 amide bonds. The quantitative estimate of drug-likeness (QED) is 0.477. The molecule has 1 saturated heterocycles. The molecule has 0 unspecified atom stereocenters. The summed E-state index contributed by atoms with van der Waals surface area (Å²) in [5.74, 6) is -1.58. The maximum atomic E-state index is 12.3. The second kappa shape index (κ2) is 7.06. The number of rotatable bonds is 4. The Kier molecular flexibility index (Phi) is 4.88. The molecule has 0 aliphatic carbocycles. The Morgan fingerprint density at radius 1 is 1.39 bits per heavy atom. The van der Waals surface area contributed by atoms with Crippen LogP contribution in [0.4, 0.5) is 0 Å². The first-order valence-corrected chi connectivity index (χ1v) is 8.72. The van der Waals surface area contributed by atoms with Crippen LogP contribution in [0.15, 0.2) is 51.4 Å². The molecule has 1 aromatic heterocycles. The monoisotopic (exact) mass is 391 g/mol. The van der Waals surface area contributed by atoms with Crippen LogP contribution in [0, 0.1) is 5.92 Å². The number of halogens is 1. The fourth-order valence-corrected chi connectivity index (χ4v) is 3.86. The van der Waals surface area contributed by atoms with Crippen LogP contribution >= 0.6 is 27.3 Å². The number of nitrogens with one attached hydrogen (secondary N) is 2. The van der Waals surface area contributed by atoms with Crippen LogP contribution in [0.5, 0.6) is 0 Å². The van der Waals surface area contributed by atoms with E-state index in [-0.39, 0.29) is 17.7 Å². The van der Waals surface area contributed by atoms with Crippen LogP contribution < -0.4 is 10.7 Å². The predicted molar refractivity (Wildman–Crippen MR) is 93.4 cm³/mol. The van der Waals surface area contributed by atoms with E-state index < -0.39 is 5.92 Å². The standard InChI is InChI=1S/C16H14BrN3O2S/c17-11-6-12(23-9-11)7-19-20-16(22)14-13(8-18-15(14)21)10-4-2-1-3-5-10/h1-7,9,13-14H,8H2,(H,18,21)(H,20,22)/b19-7-/t13-,14-/m0/s1. The molecule has 2 aromatic rings. The van der Waals surface area contributed by atoms with Gasteiger partial charge in [0.05, 0.1) is 6.21 Å². The average Bonchev–Trinajstić information content (AvgIpc) is 3.14. The molecule has 1 aliphatic rings. The first-order valence-electron chi connectivity index (χ1n) is 7.05. The van der Waals surface area contributed by atoms with Crippen LogP contribution in [0.1, 0.15) is 16.4 Å². The number of nitrogens with zero attached hydrogens (tertiary/aromatic N) is 1. The van der Waals surface area contributed by atoms with E-state index in [0.29, 0.717) is 6.54 Å². The Hall–Kier alpha value is -1.99. The van der Waals surface area contributed by atoms with Crippen LogP contribution in [-0.2, 0) is 9.59 Å². The van der Waals surface area contributed by atoms with Gasteiger partial charge < -0.3 is 5.32 Å². The van der Waals surface area contributed by atoms with Crippen molar-refractivity contribution in [2.45, 2.75) is 5.92 Å². The maximum absolute atomic E-state index is 12.3. The molecule has 5 nitrogen and oxygen atoms in total. The molecule has 1 aromatic carbocycles. The molecule has 23 heavy (non-hydrogen) atoms. The Bertz CT molecular complexity index is 745. The van der Waals surface area contributed by atoms with Crippen molar-refractivity contribution in [3.05, 3.63) is 56.7 Å². The van der Waals surface area contributed by atoms with Gasteiger partial charge in [0.1, 0.15) is 5.92 Å².